The van der Waals surface area contributed by atoms with Gasteiger partial charge in [0.2, 0.25) is 0 Å². The van der Waals surface area contributed by atoms with Crippen molar-refractivity contribution in [3.63, 3.8) is 0 Å². The van der Waals surface area contributed by atoms with Crippen LogP contribution in [-0.2, 0) is 11.2 Å². The van der Waals surface area contributed by atoms with E-state index >= 15 is 0 Å². The van der Waals surface area contributed by atoms with Gasteiger partial charge in [-0.3, -0.25) is 4.90 Å². The zero-order valence-electron chi connectivity index (χ0n) is 13.6. The van der Waals surface area contributed by atoms with Crippen molar-refractivity contribution < 1.29 is 17.9 Å². The summed E-state index contributed by atoms with van der Waals surface area (Å²) < 4.78 is 43.2. The molecule has 0 spiro atoms. The molecule has 2 aromatic rings. The second-order valence-corrected chi connectivity index (χ2v) is 7.73. The van der Waals surface area contributed by atoms with Crippen LogP contribution in [0.15, 0.2) is 12.4 Å². The molecule has 0 atom stereocenters. The first-order valence-electron chi connectivity index (χ1n) is 8.33. The molecule has 136 valence electrons. The molecule has 9 heteroatoms. The molecule has 0 aromatic carbocycles. The van der Waals surface area contributed by atoms with Gasteiger partial charge in [0.1, 0.15) is 17.0 Å². The lowest BCUT2D eigenvalue weighted by Gasteiger charge is -2.38. The number of alkyl halides is 3. The van der Waals surface area contributed by atoms with Gasteiger partial charge in [-0.05, 0) is 6.07 Å². The number of halogens is 3. The van der Waals surface area contributed by atoms with E-state index in [-0.39, 0.29) is 4.88 Å². The molecule has 4 heterocycles. The van der Waals surface area contributed by atoms with E-state index in [4.69, 9.17) is 4.74 Å². The van der Waals surface area contributed by atoms with Crippen molar-refractivity contribution >= 4 is 27.4 Å². The summed E-state index contributed by atoms with van der Waals surface area (Å²) in [6, 6.07) is 1.60. The first-order chi connectivity index (χ1) is 12.0. The Bertz CT molecular complexity index is 739. The maximum Gasteiger partial charge on any atom is 0.393 e. The number of rotatable bonds is 4. The topological polar surface area (TPSA) is 41.5 Å². The molecule has 0 radical (unpaired) electrons. The molecule has 0 bridgehead atoms. The van der Waals surface area contributed by atoms with Crippen LogP contribution in [0.4, 0.5) is 19.0 Å². The SMILES string of the molecule is FC(F)(F)Cc1cc2c(N3CCN(CC4COC4)CC3)ncnc2s1. The van der Waals surface area contributed by atoms with Crippen molar-refractivity contribution in [2.24, 2.45) is 5.92 Å². The van der Waals surface area contributed by atoms with Gasteiger partial charge in [0.15, 0.2) is 0 Å². The average Bonchev–Trinajstić information content (AvgIpc) is 2.91. The molecule has 2 aromatic heterocycles. The van der Waals surface area contributed by atoms with Crippen LogP contribution in [0.5, 0.6) is 0 Å². The number of ether oxygens (including phenoxy) is 1. The van der Waals surface area contributed by atoms with Gasteiger partial charge >= 0.3 is 6.18 Å². The fourth-order valence-electron chi connectivity index (χ4n) is 3.33. The molecule has 2 fully saturated rings. The Morgan fingerprint density at radius 1 is 1.16 bits per heavy atom. The maximum atomic E-state index is 12.7. The summed E-state index contributed by atoms with van der Waals surface area (Å²) in [5.41, 5.74) is 0. The van der Waals surface area contributed by atoms with E-state index < -0.39 is 12.6 Å². The molecule has 2 saturated heterocycles. The number of piperazine rings is 1. The number of fused-ring (bicyclic) bond motifs is 1. The van der Waals surface area contributed by atoms with Crippen molar-refractivity contribution in [2.45, 2.75) is 12.6 Å². The van der Waals surface area contributed by atoms with Crippen LogP contribution >= 0.6 is 11.3 Å². The Labute approximate surface area is 147 Å². The first-order valence-corrected chi connectivity index (χ1v) is 9.15. The lowest BCUT2D eigenvalue weighted by atomic mass is 10.1. The Kier molecular flexibility index (Phi) is 4.55. The molecule has 4 rings (SSSR count). The number of thiophene rings is 1. The molecular formula is C16H19F3N4OS. The molecule has 25 heavy (non-hydrogen) atoms. The number of aromatic nitrogens is 2. The van der Waals surface area contributed by atoms with Crippen molar-refractivity contribution in [2.75, 3.05) is 50.8 Å². The van der Waals surface area contributed by atoms with Gasteiger partial charge in [0.25, 0.3) is 0 Å². The fraction of sp³-hybridized carbons (Fsp3) is 0.625. The minimum absolute atomic E-state index is 0.285. The average molecular weight is 372 g/mol. The smallest absolute Gasteiger partial charge is 0.381 e. The zero-order valence-corrected chi connectivity index (χ0v) is 14.4. The predicted octanol–water partition coefficient (Wildman–Crippen LogP) is 2.56. The van der Waals surface area contributed by atoms with Gasteiger partial charge in [0.05, 0.1) is 25.0 Å². The second kappa shape index (κ2) is 6.69. The maximum absolute atomic E-state index is 12.7. The minimum atomic E-state index is -4.20. The molecule has 2 aliphatic rings. The van der Waals surface area contributed by atoms with E-state index in [9.17, 15) is 13.2 Å². The van der Waals surface area contributed by atoms with Gasteiger partial charge in [-0.15, -0.1) is 11.3 Å². The predicted molar refractivity (Wildman–Crippen MR) is 90.1 cm³/mol. The number of hydrogen-bond acceptors (Lipinski definition) is 6. The van der Waals surface area contributed by atoms with Crippen LogP contribution in [0.3, 0.4) is 0 Å². The lowest BCUT2D eigenvalue weighted by molar-refractivity contribution is -0.126. The highest BCUT2D eigenvalue weighted by Crippen LogP contribution is 2.34. The largest absolute Gasteiger partial charge is 0.393 e. The van der Waals surface area contributed by atoms with E-state index in [1.165, 1.54) is 6.33 Å². The minimum Gasteiger partial charge on any atom is -0.381 e. The summed E-state index contributed by atoms with van der Waals surface area (Å²) in [6.45, 7) is 6.27. The summed E-state index contributed by atoms with van der Waals surface area (Å²) in [6.07, 6.45) is -3.67. The highest BCUT2D eigenvalue weighted by molar-refractivity contribution is 7.18. The molecule has 2 aliphatic heterocycles. The second-order valence-electron chi connectivity index (χ2n) is 6.61. The van der Waals surface area contributed by atoms with Crippen LogP contribution < -0.4 is 4.90 Å². The molecule has 0 N–H and O–H groups in total. The molecule has 0 amide bonds. The Morgan fingerprint density at radius 3 is 2.56 bits per heavy atom. The van der Waals surface area contributed by atoms with Crippen molar-refractivity contribution in [3.8, 4) is 0 Å². The summed E-state index contributed by atoms with van der Waals surface area (Å²) >= 11 is 1.10. The summed E-state index contributed by atoms with van der Waals surface area (Å²) in [5.74, 6) is 1.39. The molecule has 0 saturated carbocycles. The zero-order chi connectivity index (χ0) is 17.4. The summed E-state index contributed by atoms with van der Waals surface area (Å²) in [5, 5.41) is 0.729. The van der Waals surface area contributed by atoms with E-state index in [0.717, 1.165) is 68.5 Å². The van der Waals surface area contributed by atoms with Crippen molar-refractivity contribution in [3.05, 3.63) is 17.3 Å². The molecule has 0 unspecified atom stereocenters. The first kappa shape index (κ1) is 17.0. The quantitative estimate of drug-likeness (QED) is 0.825. The van der Waals surface area contributed by atoms with Gasteiger partial charge < -0.3 is 9.64 Å². The van der Waals surface area contributed by atoms with Crippen LogP contribution in [0.2, 0.25) is 0 Å². The summed E-state index contributed by atoms with van der Waals surface area (Å²) in [4.78, 5) is 14.0. The number of anilines is 1. The molecule has 5 nitrogen and oxygen atoms in total. The number of hydrogen-bond donors (Lipinski definition) is 0. The normalized spacial score (nSPS) is 20.2. The van der Waals surface area contributed by atoms with Crippen LogP contribution in [0, 0.1) is 5.92 Å². The number of nitrogens with zero attached hydrogens (tertiary/aromatic N) is 4. The van der Waals surface area contributed by atoms with Crippen LogP contribution in [0.1, 0.15) is 4.88 Å². The van der Waals surface area contributed by atoms with Crippen molar-refractivity contribution in [1.82, 2.24) is 14.9 Å². The lowest BCUT2D eigenvalue weighted by Crippen LogP contribution is -2.50. The standard InChI is InChI=1S/C16H19F3N4OS/c17-16(18,19)6-12-5-13-14(20-10-21-15(13)25-12)23-3-1-22(2-4-23)7-11-8-24-9-11/h5,10-11H,1-4,6-9H2. The molecule has 0 aliphatic carbocycles. The fourth-order valence-corrected chi connectivity index (χ4v) is 4.35. The van der Waals surface area contributed by atoms with Gasteiger partial charge in [0, 0.05) is 43.5 Å². The van der Waals surface area contributed by atoms with Gasteiger partial charge in [-0.2, -0.15) is 13.2 Å². The van der Waals surface area contributed by atoms with Gasteiger partial charge in [-0.1, -0.05) is 0 Å². The van der Waals surface area contributed by atoms with Gasteiger partial charge in [-0.25, -0.2) is 9.97 Å². The Hall–Kier alpha value is -1.45. The van der Waals surface area contributed by atoms with E-state index in [0.29, 0.717) is 10.7 Å². The van der Waals surface area contributed by atoms with E-state index in [1.54, 1.807) is 6.07 Å². The third-order valence-corrected chi connectivity index (χ3v) is 5.67. The third kappa shape index (κ3) is 3.88. The van der Waals surface area contributed by atoms with Crippen LogP contribution in [0.25, 0.3) is 10.2 Å². The Morgan fingerprint density at radius 2 is 1.92 bits per heavy atom. The third-order valence-electron chi connectivity index (χ3n) is 4.63. The highest BCUT2D eigenvalue weighted by Gasteiger charge is 2.30. The molecular weight excluding hydrogens is 353 g/mol. The van der Waals surface area contributed by atoms with Crippen LogP contribution in [-0.4, -0.2) is 67.0 Å². The Balaban J connectivity index is 1.47. The summed E-state index contributed by atoms with van der Waals surface area (Å²) in [7, 11) is 0. The van der Waals surface area contributed by atoms with E-state index in [1.807, 2.05) is 0 Å². The van der Waals surface area contributed by atoms with Crippen molar-refractivity contribution in [1.29, 1.82) is 0 Å². The van der Waals surface area contributed by atoms with E-state index in [2.05, 4.69) is 19.8 Å². The monoisotopic (exact) mass is 372 g/mol. The highest BCUT2D eigenvalue weighted by atomic mass is 32.1.